The molecule has 3 rings (SSSR count). The molecular weight excluding hydrogens is 362 g/mol. The molecule has 2 amide bonds. The summed E-state index contributed by atoms with van der Waals surface area (Å²) in [7, 11) is 0. The summed E-state index contributed by atoms with van der Waals surface area (Å²) < 4.78 is 0. The largest absolute Gasteiger partial charge is 0.353 e. The zero-order chi connectivity index (χ0) is 20.1. The number of hydrogen-bond donors (Lipinski definition) is 1. The van der Waals surface area contributed by atoms with Crippen molar-refractivity contribution < 1.29 is 14.5 Å². The molecule has 1 saturated heterocycles. The third kappa shape index (κ3) is 4.43. The van der Waals surface area contributed by atoms with E-state index < -0.39 is 16.9 Å². The van der Waals surface area contributed by atoms with Gasteiger partial charge in [-0.3, -0.25) is 19.7 Å². The van der Waals surface area contributed by atoms with E-state index in [4.69, 9.17) is 0 Å². The van der Waals surface area contributed by atoms with Crippen LogP contribution in [0.4, 0.5) is 11.5 Å². The van der Waals surface area contributed by atoms with Crippen molar-refractivity contribution in [3.63, 3.8) is 0 Å². The molecule has 1 aromatic carbocycles. The van der Waals surface area contributed by atoms with Crippen molar-refractivity contribution in [2.75, 3.05) is 31.1 Å². The topological polar surface area (TPSA) is 109 Å². The number of pyridine rings is 1. The fourth-order valence-electron chi connectivity index (χ4n) is 3.07. The quantitative estimate of drug-likeness (QED) is 0.618. The number of aromatic nitrogens is 1. The third-order valence-electron chi connectivity index (χ3n) is 4.60. The molecule has 0 radical (unpaired) electrons. The van der Waals surface area contributed by atoms with Gasteiger partial charge in [0.25, 0.3) is 11.6 Å². The molecule has 28 heavy (non-hydrogen) atoms. The number of amides is 2. The number of hydrogen-bond acceptors (Lipinski definition) is 6. The van der Waals surface area contributed by atoms with Crippen LogP contribution in [-0.2, 0) is 4.79 Å². The summed E-state index contributed by atoms with van der Waals surface area (Å²) in [5.41, 5.74) is -0.0221. The number of piperazine rings is 1. The van der Waals surface area contributed by atoms with E-state index in [0.29, 0.717) is 26.2 Å². The van der Waals surface area contributed by atoms with Crippen LogP contribution >= 0.6 is 0 Å². The Bertz CT molecular complexity index is 866. The molecule has 9 heteroatoms. The Morgan fingerprint density at radius 2 is 1.89 bits per heavy atom. The molecule has 1 N–H and O–H groups in total. The number of anilines is 1. The second-order valence-electron chi connectivity index (χ2n) is 6.50. The number of nitrogens with zero attached hydrogens (tertiary/aromatic N) is 4. The first kappa shape index (κ1) is 19.3. The highest BCUT2D eigenvalue weighted by atomic mass is 16.6. The van der Waals surface area contributed by atoms with Crippen LogP contribution in [0, 0.1) is 10.1 Å². The Labute approximate surface area is 162 Å². The Morgan fingerprint density at radius 1 is 1.14 bits per heavy atom. The molecule has 2 aromatic rings. The van der Waals surface area contributed by atoms with Gasteiger partial charge in [-0.15, -0.1) is 0 Å². The van der Waals surface area contributed by atoms with Gasteiger partial charge in [0, 0.05) is 50.1 Å². The number of nitrogens with one attached hydrogen (secondary N) is 1. The molecule has 9 nitrogen and oxygen atoms in total. The molecule has 1 unspecified atom stereocenters. The summed E-state index contributed by atoms with van der Waals surface area (Å²) in [6, 6.07) is 10.4. The summed E-state index contributed by atoms with van der Waals surface area (Å²) in [6.45, 7) is 4.00. The molecule has 2 heterocycles. The highest BCUT2D eigenvalue weighted by Crippen LogP contribution is 2.15. The molecule has 1 atom stereocenters. The van der Waals surface area contributed by atoms with Gasteiger partial charge in [-0.2, -0.15) is 0 Å². The van der Waals surface area contributed by atoms with E-state index in [-0.39, 0.29) is 17.2 Å². The van der Waals surface area contributed by atoms with Crippen LogP contribution in [-0.4, -0.2) is 58.8 Å². The fraction of sp³-hybridized carbons (Fsp3) is 0.316. The van der Waals surface area contributed by atoms with Gasteiger partial charge in [0.05, 0.1) is 4.92 Å². The monoisotopic (exact) mass is 383 g/mol. The molecule has 0 aliphatic carbocycles. The molecular formula is C19H21N5O4. The normalized spacial score (nSPS) is 15.0. The van der Waals surface area contributed by atoms with E-state index in [9.17, 15) is 19.7 Å². The van der Waals surface area contributed by atoms with Crippen molar-refractivity contribution in [2.45, 2.75) is 13.0 Å². The summed E-state index contributed by atoms with van der Waals surface area (Å²) in [4.78, 5) is 43.4. The van der Waals surface area contributed by atoms with E-state index in [2.05, 4.69) is 15.2 Å². The van der Waals surface area contributed by atoms with Crippen molar-refractivity contribution in [1.82, 2.24) is 15.2 Å². The van der Waals surface area contributed by atoms with Crippen LogP contribution in [0.2, 0.25) is 0 Å². The standard InChI is InChI=1S/C19H21N5O4/c1-14(21-18(25)15-5-4-6-16(13-15)24(27)28)19(26)23-11-9-22(10-12-23)17-7-2-3-8-20-17/h2-8,13-14H,9-12H2,1H3,(H,21,25). The first-order valence-corrected chi connectivity index (χ1v) is 8.96. The third-order valence-corrected chi connectivity index (χ3v) is 4.60. The highest BCUT2D eigenvalue weighted by molar-refractivity contribution is 5.97. The second kappa shape index (κ2) is 8.47. The molecule has 1 aliphatic heterocycles. The van der Waals surface area contributed by atoms with Gasteiger partial charge in [0.15, 0.2) is 0 Å². The minimum absolute atomic E-state index is 0.147. The summed E-state index contributed by atoms with van der Waals surface area (Å²) in [6.07, 6.45) is 1.73. The average Bonchev–Trinajstić information content (AvgIpc) is 2.74. The van der Waals surface area contributed by atoms with Gasteiger partial charge in [-0.05, 0) is 25.1 Å². The van der Waals surface area contributed by atoms with Crippen LogP contribution < -0.4 is 10.2 Å². The van der Waals surface area contributed by atoms with Gasteiger partial charge in [0.1, 0.15) is 11.9 Å². The minimum Gasteiger partial charge on any atom is -0.353 e. The molecule has 0 spiro atoms. The summed E-state index contributed by atoms with van der Waals surface area (Å²) in [5, 5.41) is 13.5. The Balaban J connectivity index is 1.55. The average molecular weight is 383 g/mol. The van der Waals surface area contributed by atoms with E-state index in [1.165, 1.54) is 24.3 Å². The van der Waals surface area contributed by atoms with Crippen molar-refractivity contribution in [3.05, 3.63) is 64.3 Å². The Morgan fingerprint density at radius 3 is 2.54 bits per heavy atom. The minimum atomic E-state index is -0.729. The lowest BCUT2D eigenvalue weighted by Gasteiger charge is -2.36. The van der Waals surface area contributed by atoms with Crippen molar-refractivity contribution >= 4 is 23.3 Å². The van der Waals surface area contributed by atoms with E-state index in [1.807, 2.05) is 18.2 Å². The van der Waals surface area contributed by atoms with E-state index in [1.54, 1.807) is 18.0 Å². The number of rotatable bonds is 5. The van der Waals surface area contributed by atoms with Crippen LogP contribution in [0.15, 0.2) is 48.7 Å². The molecule has 0 bridgehead atoms. The summed E-state index contributed by atoms with van der Waals surface area (Å²) >= 11 is 0. The molecule has 0 saturated carbocycles. The molecule has 1 aromatic heterocycles. The SMILES string of the molecule is CC(NC(=O)c1cccc([N+](=O)[O-])c1)C(=O)N1CCN(c2ccccn2)CC1. The fourth-order valence-corrected chi connectivity index (χ4v) is 3.07. The Kier molecular flexibility index (Phi) is 5.83. The predicted molar refractivity (Wildman–Crippen MR) is 103 cm³/mol. The highest BCUT2D eigenvalue weighted by Gasteiger charge is 2.26. The number of nitro groups is 1. The van der Waals surface area contributed by atoms with Crippen molar-refractivity contribution in [2.24, 2.45) is 0 Å². The van der Waals surface area contributed by atoms with Gasteiger partial charge in [-0.25, -0.2) is 4.98 Å². The number of carbonyl (C=O) groups is 2. The molecule has 1 fully saturated rings. The molecule has 1 aliphatic rings. The first-order chi connectivity index (χ1) is 13.5. The van der Waals surface area contributed by atoms with E-state index >= 15 is 0 Å². The predicted octanol–water partition coefficient (Wildman–Crippen LogP) is 1.46. The first-order valence-electron chi connectivity index (χ1n) is 8.96. The lowest BCUT2D eigenvalue weighted by molar-refractivity contribution is -0.384. The number of benzene rings is 1. The van der Waals surface area contributed by atoms with Crippen LogP contribution in [0.1, 0.15) is 17.3 Å². The second-order valence-corrected chi connectivity index (χ2v) is 6.50. The lowest BCUT2D eigenvalue weighted by Crippen LogP contribution is -2.54. The van der Waals surface area contributed by atoms with Crippen molar-refractivity contribution in [3.8, 4) is 0 Å². The van der Waals surface area contributed by atoms with Gasteiger partial charge < -0.3 is 15.1 Å². The maximum atomic E-state index is 12.7. The van der Waals surface area contributed by atoms with E-state index in [0.717, 1.165) is 5.82 Å². The maximum absolute atomic E-state index is 12.7. The number of carbonyl (C=O) groups excluding carboxylic acids is 2. The van der Waals surface area contributed by atoms with Crippen molar-refractivity contribution in [1.29, 1.82) is 0 Å². The smallest absolute Gasteiger partial charge is 0.270 e. The zero-order valence-corrected chi connectivity index (χ0v) is 15.4. The molecule has 146 valence electrons. The summed E-state index contributed by atoms with van der Waals surface area (Å²) in [5.74, 6) is 0.178. The number of non-ortho nitro benzene ring substituents is 1. The van der Waals surface area contributed by atoms with Gasteiger partial charge in [0.2, 0.25) is 5.91 Å². The van der Waals surface area contributed by atoms with Crippen LogP contribution in [0.3, 0.4) is 0 Å². The Hall–Kier alpha value is -3.49. The zero-order valence-electron chi connectivity index (χ0n) is 15.4. The van der Waals surface area contributed by atoms with Gasteiger partial charge >= 0.3 is 0 Å². The van der Waals surface area contributed by atoms with Crippen LogP contribution in [0.5, 0.6) is 0 Å². The maximum Gasteiger partial charge on any atom is 0.270 e. The lowest BCUT2D eigenvalue weighted by atomic mass is 10.1. The van der Waals surface area contributed by atoms with Gasteiger partial charge in [-0.1, -0.05) is 12.1 Å². The van der Waals surface area contributed by atoms with Crippen LogP contribution in [0.25, 0.3) is 0 Å². The number of nitro benzene ring substituents is 1.